The Kier molecular flexibility index (Phi) is 22.9. The van der Waals surface area contributed by atoms with Gasteiger partial charge in [0.15, 0.2) is 5.78 Å². The van der Waals surface area contributed by atoms with Gasteiger partial charge in [-0.1, -0.05) is 264 Å². The first-order chi connectivity index (χ1) is 41.8. The van der Waals surface area contributed by atoms with Crippen LogP contribution in [0.4, 0.5) is 13.2 Å². The van der Waals surface area contributed by atoms with Crippen molar-refractivity contribution in [2.45, 2.75) is 139 Å². The Balaban J connectivity index is 0.000000209. The topological polar surface area (TPSA) is 63.1 Å². The number of nitrogens with zero attached hydrogens (tertiary/aromatic N) is 2. The van der Waals surface area contributed by atoms with Crippen molar-refractivity contribution in [2.75, 3.05) is 0 Å². The van der Waals surface area contributed by atoms with Crippen LogP contribution in [0.25, 0.3) is 88.6 Å². The molecule has 2 heterocycles. The molecule has 0 saturated carbocycles. The standard InChI is InChI=1S/C37H35F3N.C31H26N.C13H24O2.Ir/c1-35(2,3)22-24-11-13-25(14-12-24)26-15-17-27(18-16-26)31-21-34(41-23-33(31)37(38,39)40)29-19-28-9-7-8-10-30(28)32(20-29)36(4,5)6;1-31(2,3)29-20-27(19-26-11-7-8-12-28(26)29)30-21-25(17-18-32-30)24-15-13-23(14-16-24)22-9-5-4-6-10-22;1-5-10(6-2)12(14)9-13(15)11(7-3)8-4;/h7-18,20-21,23H,22H2,1-6H3;4-18,20-21H,1-3H3;9-11,14H,5-8H2,1-4H3;/q2*-1;;/b;;12-9-;. The Morgan fingerprint density at radius 3 is 1.35 bits per heavy atom. The number of allylic oxidation sites excluding steroid dienone is 2. The van der Waals surface area contributed by atoms with E-state index >= 15 is 0 Å². The van der Waals surface area contributed by atoms with Crippen LogP contribution in [0.3, 0.4) is 0 Å². The number of alkyl halides is 3. The molecular weight excluding hydrogens is 1280 g/mol. The maximum Gasteiger partial charge on any atom is 0.418 e. The number of aromatic nitrogens is 2. The molecule has 10 rings (SSSR count). The van der Waals surface area contributed by atoms with Gasteiger partial charge >= 0.3 is 6.18 Å². The van der Waals surface area contributed by atoms with Gasteiger partial charge < -0.3 is 5.11 Å². The molecule has 0 aliphatic carbocycles. The summed E-state index contributed by atoms with van der Waals surface area (Å²) in [6.07, 6.45) is 4.19. The smallest absolute Gasteiger partial charge is 0.418 e. The van der Waals surface area contributed by atoms with Crippen LogP contribution < -0.4 is 0 Å². The second-order valence-corrected chi connectivity index (χ2v) is 26.3. The average molecular weight is 1370 g/mol. The molecule has 1 radical (unpaired) electrons. The summed E-state index contributed by atoms with van der Waals surface area (Å²) in [6, 6.07) is 68.4. The third-order valence-electron chi connectivity index (χ3n) is 16.3. The van der Waals surface area contributed by atoms with Crippen molar-refractivity contribution in [2.24, 2.45) is 17.3 Å². The molecule has 1 N–H and O–H groups in total. The van der Waals surface area contributed by atoms with Gasteiger partial charge in [-0.2, -0.15) is 13.2 Å². The zero-order valence-corrected chi connectivity index (χ0v) is 56.4. The van der Waals surface area contributed by atoms with E-state index in [1.807, 2.05) is 76.4 Å². The van der Waals surface area contributed by atoms with Gasteiger partial charge in [-0.15, -0.1) is 58.3 Å². The number of hydrogen-bond acceptors (Lipinski definition) is 4. The molecule has 0 spiro atoms. The van der Waals surface area contributed by atoms with E-state index in [-0.39, 0.29) is 65.3 Å². The summed E-state index contributed by atoms with van der Waals surface area (Å²) in [5.41, 5.74) is 13.5. The van der Waals surface area contributed by atoms with Crippen LogP contribution in [0.5, 0.6) is 0 Å². The number of pyridine rings is 2. The van der Waals surface area contributed by atoms with Gasteiger partial charge in [0.1, 0.15) is 0 Å². The average Bonchev–Trinajstić information content (AvgIpc) is 3.43. The summed E-state index contributed by atoms with van der Waals surface area (Å²) in [4.78, 5) is 20.7. The van der Waals surface area contributed by atoms with Crippen molar-refractivity contribution in [3.63, 3.8) is 0 Å². The van der Waals surface area contributed by atoms with Gasteiger partial charge in [-0.25, -0.2) is 0 Å². The Labute approximate surface area is 541 Å². The number of fused-ring (bicyclic) bond motifs is 2. The number of hydrogen-bond donors (Lipinski definition) is 1. The van der Waals surface area contributed by atoms with Crippen LogP contribution in [0.1, 0.15) is 138 Å². The quantitative estimate of drug-likeness (QED) is 0.0669. The zero-order chi connectivity index (χ0) is 63.6. The Bertz CT molecular complexity index is 3990. The first-order valence-electron chi connectivity index (χ1n) is 31.0. The minimum atomic E-state index is -4.54. The van der Waals surface area contributed by atoms with Crippen LogP contribution in [-0.4, -0.2) is 20.9 Å². The predicted molar refractivity (Wildman–Crippen MR) is 363 cm³/mol. The van der Waals surface area contributed by atoms with E-state index in [1.54, 1.807) is 18.2 Å². The number of aliphatic hydroxyl groups is 1. The van der Waals surface area contributed by atoms with Crippen molar-refractivity contribution >= 4 is 27.3 Å². The number of benzene rings is 8. The van der Waals surface area contributed by atoms with E-state index in [9.17, 15) is 23.1 Å². The third-order valence-corrected chi connectivity index (χ3v) is 16.3. The normalized spacial score (nSPS) is 12.1. The van der Waals surface area contributed by atoms with E-state index in [1.165, 1.54) is 39.3 Å². The zero-order valence-electron chi connectivity index (χ0n) is 54.0. The molecule has 0 unspecified atom stereocenters. The third kappa shape index (κ3) is 17.8. The molecule has 0 aliphatic heterocycles. The fourth-order valence-electron chi connectivity index (χ4n) is 11.3. The van der Waals surface area contributed by atoms with E-state index in [4.69, 9.17) is 4.98 Å². The van der Waals surface area contributed by atoms with E-state index in [0.29, 0.717) is 16.8 Å². The van der Waals surface area contributed by atoms with Gasteiger partial charge in [-0.05, 0) is 104 Å². The molecule has 10 aromatic rings. The molecule has 0 bridgehead atoms. The Hall–Kier alpha value is -7.77. The Morgan fingerprint density at radius 1 is 0.483 bits per heavy atom. The van der Waals surface area contributed by atoms with E-state index < -0.39 is 11.7 Å². The van der Waals surface area contributed by atoms with Gasteiger partial charge in [0, 0.05) is 61.8 Å². The summed E-state index contributed by atoms with van der Waals surface area (Å²) < 4.78 is 42.4. The fraction of sp³-hybridized carbons (Fsp3) is 0.296. The molecule has 0 amide bonds. The number of carbonyl (C=O) groups is 1. The molecule has 0 atom stereocenters. The maximum atomic E-state index is 14.1. The van der Waals surface area contributed by atoms with Crippen molar-refractivity contribution in [1.82, 2.24) is 9.97 Å². The SMILES string of the molecule is CC(C)(C)Cc1ccc(-c2ccc(-c3cc(-c4[c-]c5ccccc5c(C(C)(C)C)c4)ncc3C(F)(F)F)cc2)cc1.CC(C)(C)c1cc(-c2cc(-c3ccc(-c4ccccc4)cc3)ccn2)[c-]c2ccccc12.CCC(CC)C(=O)/C=C(\O)C(CC)CC.[Ir]. The molecule has 89 heavy (non-hydrogen) atoms. The molecule has 4 nitrogen and oxygen atoms in total. The van der Waals surface area contributed by atoms with E-state index in [2.05, 4.69) is 201 Å². The van der Waals surface area contributed by atoms with Crippen LogP contribution in [0, 0.1) is 29.4 Å². The molecule has 463 valence electrons. The number of halogens is 3. The van der Waals surface area contributed by atoms with Crippen molar-refractivity contribution in [3.8, 4) is 67.0 Å². The summed E-state index contributed by atoms with van der Waals surface area (Å²) in [7, 11) is 0. The van der Waals surface area contributed by atoms with Gasteiger partial charge in [0.2, 0.25) is 0 Å². The van der Waals surface area contributed by atoms with Crippen molar-refractivity contribution < 1.29 is 43.2 Å². The largest absolute Gasteiger partial charge is 0.512 e. The molecular formula is C81H85F3IrN2O2-2. The van der Waals surface area contributed by atoms with E-state index in [0.717, 1.165) is 88.0 Å². The second-order valence-electron chi connectivity index (χ2n) is 26.3. The number of aliphatic hydroxyl groups excluding tert-OH is 1. The molecule has 2 aromatic heterocycles. The number of ketones is 1. The molecule has 8 heteroatoms. The number of carbonyl (C=O) groups excluding carboxylic acids is 1. The summed E-state index contributed by atoms with van der Waals surface area (Å²) in [6.45, 7) is 27.9. The summed E-state index contributed by atoms with van der Waals surface area (Å²) >= 11 is 0. The minimum absolute atomic E-state index is 0. The molecule has 0 saturated heterocycles. The maximum absolute atomic E-state index is 14.1. The van der Waals surface area contributed by atoms with Crippen molar-refractivity contribution in [1.29, 1.82) is 0 Å². The first-order valence-corrected chi connectivity index (χ1v) is 31.0. The molecule has 8 aromatic carbocycles. The Morgan fingerprint density at radius 2 is 0.899 bits per heavy atom. The first kappa shape index (κ1) is 68.7. The van der Waals surface area contributed by atoms with Crippen LogP contribution in [0.15, 0.2) is 206 Å². The number of rotatable bonds is 14. The van der Waals surface area contributed by atoms with Crippen LogP contribution in [0.2, 0.25) is 0 Å². The van der Waals surface area contributed by atoms with Gasteiger partial charge in [0.05, 0.1) is 11.3 Å². The second kappa shape index (κ2) is 29.7. The van der Waals surface area contributed by atoms with Gasteiger partial charge in [0.25, 0.3) is 0 Å². The van der Waals surface area contributed by atoms with Gasteiger partial charge in [-0.3, -0.25) is 14.8 Å². The monoisotopic (exact) mass is 1370 g/mol. The van der Waals surface area contributed by atoms with Crippen molar-refractivity contribution in [3.05, 3.63) is 241 Å². The van der Waals surface area contributed by atoms with Crippen LogP contribution in [-0.2, 0) is 48.3 Å². The summed E-state index contributed by atoms with van der Waals surface area (Å²) in [5.74, 6) is 0.547. The minimum Gasteiger partial charge on any atom is -0.512 e. The molecule has 0 aliphatic rings. The summed E-state index contributed by atoms with van der Waals surface area (Å²) in [5, 5.41) is 14.1. The predicted octanol–water partition coefficient (Wildman–Crippen LogP) is 23.1. The van der Waals surface area contributed by atoms with Crippen LogP contribution >= 0.6 is 0 Å². The molecule has 0 fully saturated rings. The fourth-order valence-corrected chi connectivity index (χ4v) is 11.3.